The molecule has 0 aromatic carbocycles. The van der Waals surface area contributed by atoms with E-state index in [0.29, 0.717) is 12.0 Å². The minimum Gasteiger partial charge on any atom is -0.271 e. The molecule has 1 aromatic rings. The number of nitrogens with one attached hydrogen (secondary N) is 1. The minimum absolute atomic E-state index is 0.330. The van der Waals surface area contributed by atoms with Gasteiger partial charge >= 0.3 is 0 Å². The Hall–Kier alpha value is 0.1000. The highest BCUT2D eigenvalue weighted by molar-refractivity contribution is 9.11. The Labute approximate surface area is 116 Å². The van der Waals surface area contributed by atoms with Crippen LogP contribution in [0.2, 0.25) is 0 Å². The first-order chi connectivity index (χ1) is 8.26. The zero-order valence-corrected chi connectivity index (χ0v) is 12.7. The zero-order chi connectivity index (χ0) is 12.3. The molecule has 2 rings (SSSR count). The van der Waals surface area contributed by atoms with E-state index >= 15 is 0 Å². The summed E-state index contributed by atoms with van der Waals surface area (Å²) in [7, 11) is 0. The first kappa shape index (κ1) is 13.5. The van der Waals surface area contributed by atoms with Gasteiger partial charge < -0.3 is 0 Å². The lowest BCUT2D eigenvalue weighted by Crippen LogP contribution is -2.37. The van der Waals surface area contributed by atoms with Crippen LogP contribution in [-0.4, -0.2) is 0 Å². The SMILES string of the molecule is CCC1CCCCC1C(NN)c1ccc(Br)s1. The highest BCUT2D eigenvalue weighted by Crippen LogP contribution is 2.42. The van der Waals surface area contributed by atoms with E-state index in [1.54, 1.807) is 11.3 Å². The second kappa shape index (κ2) is 6.32. The molecule has 0 bridgehead atoms. The monoisotopic (exact) mass is 316 g/mol. The van der Waals surface area contributed by atoms with Gasteiger partial charge in [0.15, 0.2) is 0 Å². The first-order valence-corrected chi connectivity index (χ1v) is 8.08. The molecule has 1 aliphatic carbocycles. The molecule has 1 aromatic heterocycles. The largest absolute Gasteiger partial charge is 0.271 e. The van der Waals surface area contributed by atoms with E-state index < -0.39 is 0 Å². The predicted octanol–water partition coefficient (Wildman–Crippen LogP) is 4.23. The quantitative estimate of drug-likeness (QED) is 0.644. The van der Waals surface area contributed by atoms with Gasteiger partial charge in [-0.3, -0.25) is 11.3 Å². The fraction of sp³-hybridized carbons (Fsp3) is 0.692. The van der Waals surface area contributed by atoms with Gasteiger partial charge in [0.25, 0.3) is 0 Å². The van der Waals surface area contributed by atoms with Crippen LogP contribution in [0, 0.1) is 11.8 Å². The summed E-state index contributed by atoms with van der Waals surface area (Å²) < 4.78 is 1.19. The van der Waals surface area contributed by atoms with Gasteiger partial charge in [-0.15, -0.1) is 11.3 Å². The number of hydrogen-bond donors (Lipinski definition) is 2. The maximum absolute atomic E-state index is 5.80. The smallest absolute Gasteiger partial charge is 0.0702 e. The lowest BCUT2D eigenvalue weighted by Gasteiger charge is -2.36. The van der Waals surface area contributed by atoms with Crippen molar-refractivity contribution in [3.63, 3.8) is 0 Å². The number of rotatable bonds is 4. The standard InChI is InChI=1S/C13H21BrN2S/c1-2-9-5-3-4-6-10(9)13(16-15)11-7-8-12(14)17-11/h7-10,13,16H,2-6,15H2,1H3. The highest BCUT2D eigenvalue weighted by atomic mass is 79.9. The third-order valence-electron chi connectivity index (χ3n) is 4.00. The molecular weight excluding hydrogens is 296 g/mol. The molecular formula is C13H21BrN2S. The van der Waals surface area contributed by atoms with Crippen LogP contribution in [0.25, 0.3) is 0 Å². The minimum atomic E-state index is 0.330. The van der Waals surface area contributed by atoms with Crippen LogP contribution in [0.5, 0.6) is 0 Å². The molecule has 1 aliphatic rings. The average Bonchev–Trinajstić information content (AvgIpc) is 2.77. The van der Waals surface area contributed by atoms with E-state index in [1.807, 2.05) is 0 Å². The summed E-state index contributed by atoms with van der Waals surface area (Å²) in [6.45, 7) is 2.31. The third-order valence-corrected chi connectivity index (χ3v) is 5.71. The summed E-state index contributed by atoms with van der Waals surface area (Å²) in [5, 5.41) is 0. The van der Waals surface area contributed by atoms with Crippen LogP contribution in [0.4, 0.5) is 0 Å². The van der Waals surface area contributed by atoms with E-state index in [4.69, 9.17) is 5.84 Å². The van der Waals surface area contributed by atoms with Gasteiger partial charge in [0.05, 0.1) is 9.83 Å². The summed E-state index contributed by atoms with van der Waals surface area (Å²) >= 11 is 5.34. The van der Waals surface area contributed by atoms with Gasteiger partial charge in [-0.05, 0) is 46.3 Å². The number of nitrogens with two attached hydrogens (primary N) is 1. The summed E-state index contributed by atoms with van der Waals surface area (Å²) in [5.41, 5.74) is 3.06. The summed E-state index contributed by atoms with van der Waals surface area (Å²) in [5.74, 6) is 7.33. The zero-order valence-electron chi connectivity index (χ0n) is 10.3. The Kier molecular flexibility index (Phi) is 5.03. The third kappa shape index (κ3) is 3.11. The van der Waals surface area contributed by atoms with Gasteiger partial charge in [0.2, 0.25) is 0 Å². The molecule has 1 fully saturated rings. The van der Waals surface area contributed by atoms with Gasteiger partial charge in [0.1, 0.15) is 0 Å². The van der Waals surface area contributed by atoms with Crippen molar-refractivity contribution in [3.05, 3.63) is 20.8 Å². The van der Waals surface area contributed by atoms with Gasteiger partial charge in [0, 0.05) is 4.88 Å². The molecule has 0 spiro atoms. The molecule has 3 N–H and O–H groups in total. The van der Waals surface area contributed by atoms with E-state index in [1.165, 1.54) is 40.8 Å². The van der Waals surface area contributed by atoms with Crippen molar-refractivity contribution in [2.45, 2.75) is 45.1 Å². The number of thiophene rings is 1. The van der Waals surface area contributed by atoms with Crippen LogP contribution in [0.3, 0.4) is 0 Å². The van der Waals surface area contributed by atoms with Crippen LogP contribution in [-0.2, 0) is 0 Å². The van der Waals surface area contributed by atoms with Crippen molar-refractivity contribution in [2.75, 3.05) is 0 Å². The summed E-state index contributed by atoms with van der Waals surface area (Å²) in [6.07, 6.45) is 6.69. The second-order valence-electron chi connectivity index (χ2n) is 4.90. The van der Waals surface area contributed by atoms with E-state index in [9.17, 15) is 0 Å². The maximum Gasteiger partial charge on any atom is 0.0702 e. The van der Waals surface area contributed by atoms with Crippen molar-refractivity contribution in [1.82, 2.24) is 5.43 Å². The molecule has 4 heteroatoms. The van der Waals surface area contributed by atoms with E-state index in [2.05, 4.69) is 40.4 Å². The topological polar surface area (TPSA) is 38.0 Å². The number of halogens is 1. The van der Waals surface area contributed by atoms with Gasteiger partial charge in [-0.2, -0.15) is 0 Å². The fourth-order valence-corrected chi connectivity index (χ4v) is 4.65. The molecule has 3 unspecified atom stereocenters. The second-order valence-corrected chi connectivity index (χ2v) is 7.40. The molecule has 1 heterocycles. The molecule has 2 nitrogen and oxygen atoms in total. The Morgan fingerprint density at radius 3 is 2.82 bits per heavy atom. The maximum atomic E-state index is 5.80. The molecule has 3 atom stereocenters. The molecule has 1 saturated carbocycles. The lowest BCUT2D eigenvalue weighted by molar-refractivity contribution is 0.178. The predicted molar refractivity (Wildman–Crippen MR) is 77.8 cm³/mol. The lowest BCUT2D eigenvalue weighted by atomic mass is 9.74. The Morgan fingerprint density at radius 1 is 1.47 bits per heavy atom. The highest BCUT2D eigenvalue weighted by Gasteiger charge is 2.31. The molecule has 96 valence electrons. The van der Waals surface area contributed by atoms with E-state index in [0.717, 1.165) is 5.92 Å². The first-order valence-electron chi connectivity index (χ1n) is 6.47. The van der Waals surface area contributed by atoms with E-state index in [-0.39, 0.29) is 0 Å². The van der Waals surface area contributed by atoms with Gasteiger partial charge in [-0.25, -0.2) is 0 Å². The van der Waals surface area contributed by atoms with Crippen molar-refractivity contribution in [2.24, 2.45) is 17.7 Å². The number of hydrogen-bond acceptors (Lipinski definition) is 3. The molecule has 17 heavy (non-hydrogen) atoms. The van der Waals surface area contributed by atoms with Crippen molar-refractivity contribution in [1.29, 1.82) is 0 Å². The van der Waals surface area contributed by atoms with Crippen LogP contribution in [0.15, 0.2) is 15.9 Å². The van der Waals surface area contributed by atoms with Crippen molar-refractivity contribution < 1.29 is 0 Å². The molecule has 0 amide bonds. The van der Waals surface area contributed by atoms with Crippen LogP contribution in [0.1, 0.15) is 49.9 Å². The molecule has 0 aliphatic heterocycles. The number of hydrazine groups is 1. The normalized spacial score (nSPS) is 27.0. The average molecular weight is 317 g/mol. The van der Waals surface area contributed by atoms with Crippen molar-refractivity contribution in [3.8, 4) is 0 Å². The summed E-state index contributed by atoms with van der Waals surface area (Å²) in [6, 6.07) is 4.64. The Bertz CT molecular complexity index is 353. The fourth-order valence-electron chi connectivity index (χ4n) is 3.09. The Morgan fingerprint density at radius 2 is 2.24 bits per heavy atom. The van der Waals surface area contributed by atoms with Crippen LogP contribution >= 0.6 is 27.3 Å². The Balaban J connectivity index is 2.16. The molecule has 0 saturated heterocycles. The van der Waals surface area contributed by atoms with Crippen molar-refractivity contribution >= 4 is 27.3 Å². The molecule has 0 radical (unpaired) electrons. The van der Waals surface area contributed by atoms with Gasteiger partial charge in [-0.1, -0.05) is 32.6 Å². The summed E-state index contributed by atoms with van der Waals surface area (Å²) in [4.78, 5) is 1.37. The van der Waals surface area contributed by atoms with Crippen LogP contribution < -0.4 is 11.3 Å².